The molecule has 3 aromatic rings. The number of rotatable bonds is 3. The first-order chi connectivity index (χ1) is 11.4. The number of carbonyl (C=O) groups excluding carboxylic acids is 1. The normalized spacial score (nSPS) is 11.2. The van der Waals surface area contributed by atoms with Crippen LogP contribution in [-0.4, -0.2) is 32.6 Å². The molecule has 2 heterocycles. The lowest BCUT2D eigenvalue weighted by Crippen LogP contribution is -2.14. The van der Waals surface area contributed by atoms with Gasteiger partial charge in [0, 0.05) is 40.0 Å². The van der Waals surface area contributed by atoms with E-state index in [2.05, 4.69) is 19.6 Å². The Morgan fingerprint density at radius 1 is 1.04 bits per heavy atom. The smallest absolute Gasteiger partial charge is 0.276 e. The molecule has 0 bridgehead atoms. The number of hydrogen-bond donors (Lipinski definition) is 1. The summed E-state index contributed by atoms with van der Waals surface area (Å²) >= 11 is 0. The summed E-state index contributed by atoms with van der Waals surface area (Å²) in [7, 11) is -2.34. The van der Waals surface area contributed by atoms with Crippen LogP contribution in [0.3, 0.4) is 0 Å². The standard InChI is InChI=1S/C17H16N4O2S/c1-24(2,23)21-14-8-4-3-7-13(14)20-17(22)16-15-12(9-11-19-16)6-5-10-18-15/h3-11H,1-2H3,(H,20,22). The Labute approximate surface area is 140 Å². The lowest BCUT2D eigenvalue weighted by atomic mass is 10.2. The number of carbonyl (C=O) groups is 1. The molecule has 24 heavy (non-hydrogen) atoms. The first kappa shape index (κ1) is 16.1. The first-order valence-corrected chi connectivity index (χ1v) is 9.54. The van der Waals surface area contributed by atoms with Gasteiger partial charge in [0.25, 0.3) is 5.91 Å². The van der Waals surface area contributed by atoms with Gasteiger partial charge in [0.1, 0.15) is 5.52 Å². The molecule has 0 saturated heterocycles. The van der Waals surface area contributed by atoms with Gasteiger partial charge in [-0.2, -0.15) is 4.36 Å². The number of aromatic nitrogens is 2. The van der Waals surface area contributed by atoms with Gasteiger partial charge in [0.05, 0.1) is 11.4 Å². The highest BCUT2D eigenvalue weighted by molar-refractivity contribution is 7.92. The van der Waals surface area contributed by atoms with Gasteiger partial charge < -0.3 is 5.32 Å². The van der Waals surface area contributed by atoms with Gasteiger partial charge in [-0.1, -0.05) is 18.2 Å². The van der Waals surface area contributed by atoms with Crippen LogP contribution in [0.4, 0.5) is 11.4 Å². The highest BCUT2D eigenvalue weighted by Crippen LogP contribution is 2.26. The Morgan fingerprint density at radius 2 is 1.83 bits per heavy atom. The SMILES string of the molecule is CS(C)(=O)=Nc1ccccc1NC(=O)c1nccc2cccnc12. The van der Waals surface area contributed by atoms with Gasteiger partial charge in [-0.15, -0.1) is 0 Å². The Hall–Kier alpha value is -2.80. The summed E-state index contributed by atoms with van der Waals surface area (Å²) in [6.07, 6.45) is 6.27. The van der Waals surface area contributed by atoms with Gasteiger partial charge in [0.15, 0.2) is 5.69 Å². The fraction of sp³-hybridized carbons (Fsp3) is 0.118. The molecule has 0 aliphatic carbocycles. The molecule has 1 amide bonds. The summed E-state index contributed by atoms with van der Waals surface area (Å²) in [4.78, 5) is 21.0. The zero-order valence-electron chi connectivity index (χ0n) is 13.3. The molecule has 0 fully saturated rings. The number of benzene rings is 1. The molecule has 122 valence electrons. The summed E-state index contributed by atoms with van der Waals surface area (Å²) in [6, 6.07) is 12.4. The molecule has 1 N–H and O–H groups in total. The number of anilines is 1. The maximum atomic E-state index is 12.6. The predicted molar refractivity (Wildman–Crippen MR) is 96.0 cm³/mol. The van der Waals surface area contributed by atoms with Crippen molar-refractivity contribution in [1.82, 2.24) is 9.97 Å². The van der Waals surface area contributed by atoms with E-state index in [1.807, 2.05) is 6.07 Å². The zero-order valence-corrected chi connectivity index (χ0v) is 14.1. The van der Waals surface area contributed by atoms with Crippen LogP contribution in [0.2, 0.25) is 0 Å². The van der Waals surface area contributed by atoms with Gasteiger partial charge in [-0.3, -0.25) is 9.78 Å². The molecule has 0 spiro atoms. The summed E-state index contributed by atoms with van der Waals surface area (Å²) in [6.45, 7) is 0. The monoisotopic (exact) mass is 340 g/mol. The minimum absolute atomic E-state index is 0.233. The van der Waals surface area contributed by atoms with E-state index >= 15 is 0 Å². The van der Waals surface area contributed by atoms with Gasteiger partial charge in [-0.05, 0) is 24.3 Å². The van der Waals surface area contributed by atoms with E-state index < -0.39 is 9.73 Å². The van der Waals surface area contributed by atoms with Crippen molar-refractivity contribution in [3.63, 3.8) is 0 Å². The van der Waals surface area contributed by atoms with E-state index in [1.54, 1.807) is 61.3 Å². The highest BCUT2D eigenvalue weighted by atomic mass is 32.2. The lowest BCUT2D eigenvalue weighted by molar-refractivity contribution is 0.102. The van der Waals surface area contributed by atoms with Crippen molar-refractivity contribution in [3.8, 4) is 0 Å². The van der Waals surface area contributed by atoms with Gasteiger partial charge >= 0.3 is 0 Å². The maximum Gasteiger partial charge on any atom is 0.276 e. The second-order valence-electron chi connectivity index (χ2n) is 5.48. The van der Waals surface area contributed by atoms with Crippen molar-refractivity contribution in [2.24, 2.45) is 4.36 Å². The number of fused-ring (bicyclic) bond motifs is 1. The average molecular weight is 340 g/mol. The summed E-state index contributed by atoms with van der Waals surface area (Å²) < 4.78 is 16.1. The second kappa shape index (κ2) is 6.37. The highest BCUT2D eigenvalue weighted by Gasteiger charge is 2.14. The molecule has 0 aliphatic rings. The van der Waals surface area contributed by atoms with Crippen molar-refractivity contribution in [1.29, 1.82) is 0 Å². The first-order valence-electron chi connectivity index (χ1n) is 7.21. The summed E-state index contributed by atoms with van der Waals surface area (Å²) in [5, 5.41) is 3.61. The Balaban J connectivity index is 2.00. The van der Waals surface area contributed by atoms with Crippen LogP contribution >= 0.6 is 0 Å². The maximum absolute atomic E-state index is 12.6. The molecular weight excluding hydrogens is 324 g/mol. The summed E-state index contributed by atoms with van der Waals surface area (Å²) in [5.41, 5.74) is 1.71. The van der Waals surface area contributed by atoms with Crippen LogP contribution in [-0.2, 0) is 9.73 Å². The molecule has 0 aliphatic heterocycles. The van der Waals surface area contributed by atoms with Crippen LogP contribution in [0.1, 0.15) is 10.5 Å². The molecule has 0 unspecified atom stereocenters. The number of amides is 1. The van der Waals surface area contributed by atoms with E-state index in [1.165, 1.54) is 0 Å². The van der Waals surface area contributed by atoms with Crippen molar-refractivity contribution in [2.45, 2.75) is 0 Å². The third-order valence-corrected chi connectivity index (χ3v) is 3.84. The molecule has 0 atom stereocenters. The molecule has 2 aromatic heterocycles. The van der Waals surface area contributed by atoms with Crippen LogP contribution < -0.4 is 5.32 Å². The van der Waals surface area contributed by atoms with Crippen molar-refractivity contribution in [3.05, 3.63) is 60.6 Å². The summed E-state index contributed by atoms with van der Waals surface area (Å²) in [5.74, 6) is -0.388. The third-order valence-electron chi connectivity index (χ3n) is 3.21. The Kier molecular flexibility index (Phi) is 4.26. The number of hydrogen-bond acceptors (Lipinski definition) is 5. The predicted octanol–water partition coefficient (Wildman–Crippen LogP) is 3.24. The third kappa shape index (κ3) is 3.57. The zero-order chi connectivity index (χ0) is 17.2. The van der Waals surface area contributed by atoms with E-state index in [9.17, 15) is 9.00 Å². The van der Waals surface area contributed by atoms with Crippen molar-refractivity contribution < 1.29 is 9.00 Å². The van der Waals surface area contributed by atoms with E-state index in [0.717, 1.165) is 5.39 Å². The minimum Gasteiger partial charge on any atom is -0.319 e. The van der Waals surface area contributed by atoms with Gasteiger partial charge in [0.2, 0.25) is 0 Å². The van der Waals surface area contributed by atoms with E-state index in [4.69, 9.17) is 0 Å². The molecule has 3 rings (SSSR count). The Morgan fingerprint density at radius 3 is 2.62 bits per heavy atom. The van der Waals surface area contributed by atoms with Crippen molar-refractivity contribution in [2.75, 3.05) is 17.8 Å². The van der Waals surface area contributed by atoms with E-state index in [-0.39, 0.29) is 11.6 Å². The minimum atomic E-state index is -2.34. The number of nitrogens with zero attached hydrogens (tertiary/aromatic N) is 3. The second-order valence-corrected chi connectivity index (χ2v) is 8.02. The van der Waals surface area contributed by atoms with Crippen LogP contribution in [0.25, 0.3) is 10.9 Å². The fourth-order valence-electron chi connectivity index (χ4n) is 2.25. The molecule has 6 nitrogen and oxygen atoms in total. The van der Waals surface area contributed by atoms with Crippen LogP contribution in [0, 0.1) is 0 Å². The average Bonchev–Trinajstić information content (AvgIpc) is 2.55. The lowest BCUT2D eigenvalue weighted by Gasteiger charge is -2.09. The van der Waals surface area contributed by atoms with Gasteiger partial charge in [-0.25, -0.2) is 9.19 Å². The number of pyridine rings is 2. The molecule has 1 aromatic carbocycles. The topological polar surface area (TPSA) is 84.3 Å². The fourth-order valence-corrected chi connectivity index (χ4v) is 2.88. The van der Waals surface area contributed by atoms with E-state index in [0.29, 0.717) is 16.9 Å². The molecule has 0 radical (unpaired) electrons. The largest absolute Gasteiger partial charge is 0.319 e. The quantitative estimate of drug-likeness (QED) is 0.793. The molecular formula is C17H16N4O2S. The van der Waals surface area contributed by atoms with Crippen LogP contribution in [0.15, 0.2) is 59.2 Å². The van der Waals surface area contributed by atoms with Crippen molar-refractivity contribution >= 4 is 37.9 Å². The molecule has 0 saturated carbocycles. The molecule has 7 heteroatoms. The number of para-hydroxylation sites is 1. The van der Waals surface area contributed by atoms with Crippen LogP contribution in [0.5, 0.6) is 0 Å². The number of nitrogens with one attached hydrogen (secondary N) is 1. The Bertz CT molecular complexity index is 1030.